The van der Waals surface area contributed by atoms with Gasteiger partial charge in [0.15, 0.2) is 0 Å². The van der Waals surface area contributed by atoms with Gasteiger partial charge in [-0.15, -0.1) is 0 Å². The predicted octanol–water partition coefficient (Wildman–Crippen LogP) is 0.335. The Bertz CT molecular complexity index is 567. The number of aryl methyl sites for hydroxylation is 1. The van der Waals surface area contributed by atoms with Crippen molar-refractivity contribution in [3.63, 3.8) is 0 Å². The van der Waals surface area contributed by atoms with Gasteiger partial charge in [0.2, 0.25) is 0 Å². The summed E-state index contributed by atoms with van der Waals surface area (Å²) in [4.78, 5) is 25.2. The first-order valence-corrected chi connectivity index (χ1v) is 7.76. The van der Waals surface area contributed by atoms with Crippen LogP contribution in [0, 0.1) is 11.8 Å². The molecule has 2 atom stereocenters. The van der Waals surface area contributed by atoms with Gasteiger partial charge in [-0.2, -0.15) is 5.10 Å². The Balaban J connectivity index is 1.60. The SMILES string of the molecule is Cn1cc(C(=O)N[C@@H]2CN(CCC(=O)O)C[C@H]2C2CC2)cn1. The second-order valence-electron chi connectivity index (χ2n) is 6.39. The summed E-state index contributed by atoms with van der Waals surface area (Å²) < 4.78 is 1.61. The first-order chi connectivity index (χ1) is 10.5. The summed E-state index contributed by atoms with van der Waals surface area (Å²) in [5, 5.41) is 16.0. The van der Waals surface area contributed by atoms with Gasteiger partial charge in [0.05, 0.1) is 18.2 Å². The second-order valence-corrected chi connectivity index (χ2v) is 6.39. The predicted molar refractivity (Wildman–Crippen MR) is 79.4 cm³/mol. The van der Waals surface area contributed by atoms with Crippen LogP contribution in [0.3, 0.4) is 0 Å². The fourth-order valence-electron chi connectivity index (χ4n) is 3.29. The first kappa shape index (κ1) is 15.0. The van der Waals surface area contributed by atoms with Crippen molar-refractivity contribution in [1.82, 2.24) is 20.0 Å². The molecule has 0 aromatic carbocycles. The van der Waals surface area contributed by atoms with E-state index in [1.807, 2.05) is 0 Å². The standard InChI is InChI=1S/C15H22N4O3/c1-18-7-11(6-16-18)15(22)17-13-9-19(5-4-14(20)21)8-12(13)10-2-3-10/h6-7,10,12-13H,2-5,8-9H2,1H3,(H,17,22)(H,20,21)/t12-,13+/m0/s1. The third-order valence-corrected chi connectivity index (χ3v) is 4.59. The van der Waals surface area contributed by atoms with Crippen molar-refractivity contribution < 1.29 is 14.7 Å². The lowest BCUT2D eigenvalue weighted by atomic mass is 9.98. The minimum absolute atomic E-state index is 0.0937. The minimum atomic E-state index is -0.772. The highest BCUT2D eigenvalue weighted by atomic mass is 16.4. The van der Waals surface area contributed by atoms with E-state index in [0.29, 0.717) is 23.9 Å². The van der Waals surface area contributed by atoms with Crippen molar-refractivity contribution >= 4 is 11.9 Å². The van der Waals surface area contributed by atoms with Crippen molar-refractivity contribution in [3.8, 4) is 0 Å². The van der Waals surface area contributed by atoms with E-state index in [0.717, 1.165) is 13.1 Å². The zero-order valence-corrected chi connectivity index (χ0v) is 12.7. The molecular formula is C15H22N4O3. The highest BCUT2D eigenvalue weighted by molar-refractivity contribution is 5.93. The van der Waals surface area contributed by atoms with Crippen molar-refractivity contribution in [3.05, 3.63) is 18.0 Å². The summed E-state index contributed by atoms with van der Waals surface area (Å²) in [6, 6.07) is 0.106. The smallest absolute Gasteiger partial charge is 0.304 e. The topological polar surface area (TPSA) is 87.5 Å². The Morgan fingerprint density at radius 3 is 2.77 bits per heavy atom. The number of aromatic nitrogens is 2. The number of amides is 1. The molecule has 3 rings (SSSR count). The maximum atomic E-state index is 12.3. The molecular weight excluding hydrogens is 284 g/mol. The summed E-state index contributed by atoms with van der Waals surface area (Å²) in [5.74, 6) is 0.248. The fraction of sp³-hybridized carbons (Fsp3) is 0.667. The molecule has 1 aliphatic carbocycles. The third kappa shape index (κ3) is 3.47. The number of rotatable bonds is 6. The largest absolute Gasteiger partial charge is 0.481 e. The van der Waals surface area contributed by atoms with E-state index >= 15 is 0 Å². The van der Waals surface area contributed by atoms with E-state index in [2.05, 4.69) is 15.3 Å². The number of nitrogens with zero attached hydrogens (tertiary/aromatic N) is 3. The Morgan fingerprint density at radius 2 is 2.18 bits per heavy atom. The van der Waals surface area contributed by atoms with Crippen LogP contribution < -0.4 is 5.32 Å². The lowest BCUT2D eigenvalue weighted by molar-refractivity contribution is -0.137. The summed E-state index contributed by atoms with van der Waals surface area (Å²) in [7, 11) is 1.78. The first-order valence-electron chi connectivity index (χ1n) is 7.76. The molecule has 1 saturated heterocycles. The van der Waals surface area contributed by atoms with Crippen LogP contribution in [0.25, 0.3) is 0 Å². The van der Waals surface area contributed by atoms with E-state index in [4.69, 9.17) is 5.11 Å². The summed E-state index contributed by atoms with van der Waals surface area (Å²) in [6.45, 7) is 2.17. The number of carboxylic acid groups (broad SMARTS) is 1. The van der Waals surface area contributed by atoms with Crippen LogP contribution in [0.15, 0.2) is 12.4 Å². The molecule has 22 heavy (non-hydrogen) atoms. The molecule has 2 heterocycles. The number of hydrogen-bond acceptors (Lipinski definition) is 4. The maximum Gasteiger partial charge on any atom is 0.304 e. The average Bonchev–Trinajstić information content (AvgIpc) is 3.09. The fourth-order valence-corrected chi connectivity index (χ4v) is 3.29. The number of likely N-dealkylation sites (tertiary alicyclic amines) is 1. The van der Waals surface area contributed by atoms with Crippen LogP contribution in [0.2, 0.25) is 0 Å². The Labute approximate surface area is 129 Å². The number of carbonyl (C=O) groups excluding carboxylic acids is 1. The normalized spacial score (nSPS) is 25.3. The molecule has 1 aromatic heterocycles. The molecule has 2 N–H and O–H groups in total. The molecule has 0 spiro atoms. The van der Waals surface area contributed by atoms with Crippen LogP contribution in [0.1, 0.15) is 29.6 Å². The summed E-state index contributed by atoms with van der Waals surface area (Å²) >= 11 is 0. The Kier molecular flexibility index (Phi) is 4.15. The van der Waals surface area contributed by atoms with Gasteiger partial charge in [-0.3, -0.25) is 14.3 Å². The van der Waals surface area contributed by atoms with Crippen LogP contribution in [-0.2, 0) is 11.8 Å². The van der Waals surface area contributed by atoms with Gasteiger partial charge in [-0.05, 0) is 24.7 Å². The zero-order chi connectivity index (χ0) is 15.7. The van der Waals surface area contributed by atoms with Crippen molar-refractivity contribution in [1.29, 1.82) is 0 Å². The lowest BCUT2D eigenvalue weighted by Crippen LogP contribution is -2.41. The molecule has 120 valence electrons. The van der Waals surface area contributed by atoms with Gasteiger partial charge in [-0.1, -0.05) is 0 Å². The van der Waals surface area contributed by atoms with Gasteiger partial charge < -0.3 is 15.3 Å². The van der Waals surface area contributed by atoms with E-state index in [1.54, 1.807) is 24.1 Å². The molecule has 7 heteroatoms. The molecule has 2 aliphatic rings. The number of nitrogens with one attached hydrogen (secondary N) is 1. The Morgan fingerprint density at radius 1 is 1.41 bits per heavy atom. The number of carbonyl (C=O) groups is 2. The second kappa shape index (κ2) is 6.08. The molecule has 1 aromatic rings. The van der Waals surface area contributed by atoms with E-state index < -0.39 is 5.97 Å². The van der Waals surface area contributed by atoms with Gasteiger partial charge >= 0.3 is 5.97 Å². The average molecular weight is 306 g/mol. The number of aliphatic carboxylic acids is 1. The maximum absolute atomic E-state index is 12.3. The van der Waals surface area contributed by atoms with Crippen LogP contribution in [-0.4, -0.2) is 57.3 Å². The minimum Gasteiger partial charge on any atom is -0.481 e. The van der Waals surface area contributed by atoms with E-state index in [1.165, 1.54) is 12.8 Å². The van der Waals surface area contributed by atoms with Crippen molar-refractivity contribution in [2.24, 2.45) is 18.9 Å². The number of hydrogen-bond donors (Lipinski definition) is 2. The van der Waals surface area contributed by atoms with Crippen molar-refractivity contribution in [2.45, 2.75) is 25.3 Å². The van der Waals surface area contributed by atoms with Crippen molar-refractivity contribution in [2.75, 3.05) is 19.6 Å². The monoisotopic (exact) mass is 306 g/mol. The summed E-state index contributed by atoms with van der Waals surface area (Å²) in [6.07, 6.45) is 5.87. The molecule has 0 unspecified atom stereocenters. The van der Waals surface area contributed by atoms with Gasteiger partial charge in [-0.25, -0.2) is 0 Å². The molecule has 7 nitrogen and oxygen atoms in total. The van der Waals surface area contributed by atoms with Gasteiger partial charge in [0.1, 0.15) is 0 Å². The Hall–Kier alpha value is -1.89. The van der Waals surface area contributed by atoms with E-state index in [-0.39, 0.29) is 18.4 Å². The molecule has 0 radical (unpaired) electrons. The molecule has 1 saturated carbocycles. The molecule has 1 aliphatic heterocycles. The lowest BCUT2D eigenvalue weighted by Gasteiger charge is -2.19. The van der Waals surface area contributed by atoms with Crippen LogP contribution in [0.5, 0.6) is 0 Å². The van der Waals surface area contributed by atoms with Crippen LogP contribution in [0.4, 0.5) is 0 Å². The molecule has 2 fully saturated rings. The third-order valence-electron chi connectivity index (χ3n) is 4.59. The highest BCUT2D eigenvalue weighted by Crippen LogP contribution is 2.41. The van der Waals surface area contributed by atoms with Gasteiger partial charge in [0, 0.05) is 38.9 Å². The summed E-state index contributed by atoms with van der Waals surface area (Å²) in [5.41, 5.74) is 0.570. The highest BCUT2D eigenvalue weighted by Gasteiger charge is 2.43. The molecule has 1 amide bonds. The zero-order valence-electron chi connectivity index (χ0n) is 12.7. The number of carboxylic acids is 1. The van der Waals surface area contributed by atoms with E-state index in [9.17, 15) is 9.59 Å². The molecule has 0 bridgehead atoms. The van der Waals surface area contributed by atoms with Crippen LogP contribution >= 0.6 is 0 Å². The van der Waals surface area contributed by atoms with Gasteiger partial charge in [0.25, 0.3) is 5.91 Å². The quantitative estimate of drug-likeness (QED) is 0.791.